The minimum absolute atomic E-state index is 0.0381. The molecule has 1 atom stereocenters. The molecule has 1 aromatic heterocycles. The maximum atomic E-state index is 12.3. The number of para-hydroxylation sites is 1. The number of aromatic nitrogens is 1. The molecule has 7 heteroatoms. The van der Waals surface area contributed by atoms with E-state index in [0.717, 1.165) is 21.6 Å². The lowest BCUT2D eigenvalue weighted by molar-refractivity contribution is -0.122. The second-order valence-corrected chi connectivity index (χ2v) is 6.69. The molecule has 0 aliphatic rings. The van der Waals surface area contributed by atoms with Crippen LogP contribution in [0.4, 0.5) is 5.69 Å². The van der Waals surface area contributed by atoms with Crippen molar-refractivity contribution < 1.29 is 9.53 Å². The lowest BCUT2D eigenvalue weighted by Crippen LogP contribution is -2.30. The quantitative estimate of drug-likeness (QED) is 0.770. The number of benzene rings is 2. The summed E-state index contributed by atoms with van der Waals surface area (Å²) in [7, 11) is 1.72. The van der Waals surface area contributed by atoms with Gasteiger partial charge in [0.15, 0.2) is 6.10 Å². The molecule has 0 saturated heterocycles. The van der Waals surface area contributed by atoms with E-state index >= 15 is 0 Å². The Labute approximate surface area is 147 Å². The highest BCUT2D eigenvalue weighted by Gasteiger charge is 2.16. The molecule has 2 aromatic carbocycles. The Morgan fingerprint density at radius 2 is 2.04 bits per heavy atom. The third kappa shape index (κ3) is 3.29. The number of nitrogens with one attached hydrogen (secondary N) is 1. The summed E-state index contributed by atoms with van der Waals surface area (Å²) in [6.45, 7) is 1.65. The molecule has 0 saturated carbocycles. The molecule has 3 rings (SSSR count). The van der Waals surface area contributed by atoms with Gasteiger partial charge in [0.25, 0.3) is 5.91 Å². The standard InChI is InChI=1S/C17H15ClN2O3S/c1-10(23-14-6-4-3-5-12(14)18)16(21)19-11-7-8-13-15(9-11)24-17(22)20(13)2/h3-10H,1-2H3,(H,19,21)/t10-/m0/s1. The third-order valence-electron chi connectivity index (χ3n) is 3.57. The fourth-order valence-electron chi connectivity index (χ4n) is 2.24. The Bertz CT molecular complexity index is 964. The number of hydrogen-bond donors (Lipinski definition) is 1. The number of hydrogen-bond acceptors (Lipinski definition) is 4. The zero-order valence-corrected chi connectivity index (χ0v) is 14.6. The molecule has 0 radical (unpaired) electrons. The van der Waals surface area contributed by atoms with Gasteiger partial charge in [-0.1, -0.05) is 35.1 Å². The maximum Gasteiger partial charge on any atom is 0.307 e. The van der Waals surface area contributed by atoms with Gasteiger partial charge in [0.05, 0.1) is 15.2 Å². The van der Waals surface area contributed by atoms with Crippen LogP contribution in [-0.2, 0) is 11.8 Å². The molecule has 1 N–H and O–H groups in total. The van der Waals surface area contributed by atoms with E-state index in [9.17, 15) is 9.59 Å². The molecule has 124 valence electrons. The van der Waals surface area contributed by atoms with Crippen LogP contribution in [0.1, 0.15) is 6.92 Å². The summed E-state index contributed by atoms with van der Waals surface area (Å²) in [4.78, 5) is 23.9. The molecule has 3 aromatic rings. The Morgan fingerprint density at radius 3 is 2.79 bits per heavy atom. The van der Waals surface area contributed by atoms with Gasteiger partial charge < -0.3 is 14.6 Å². The predicted molar refractivity (Wildman–Crippen MR) is 97.2 cm³/mol. The smallest absolute Gasteiger partial charge is 0.307 e. The first-order valence-electron chi connectivity index (χ1n) is 7.27. The van der Waals surface area contributed by atoms with Gasteiger partial charge in [-0.3, -0.25) is 9.59 Å². The lowest BCUT2D eigenvalue weighted by Gasteiger charge is -2.15. The van der Waals surface area contributed by atoms with Gasteiger partial charge in [-0.15, -0.1) is 0 Å². The molecule has 0 fully saturated rings. The molecule has 1 heterocycles. The average molecular weight is 363 g/mol. The van der Waals surface area contributed by atoms with Gasteiger partial charge in [0.2, 0.25) is 0 Å². The molecular weight excluding hydrogens is 348 g/mol. The Kier molecular flexibility index (Phi) is 4.59. The Morgan fingerprint density at radius 1 is 1.29 bits per heavy atom. The number of thiazole rings is 1. The minimum atomic E-state index is -0.713. The summed E-state index contributed by atoms with van der Waals surface area (Å²) in [5.74, 6) is 0.163. The van der Waals surface area contributed by atoms with E-state index in [1.165, 1.54) is 0 Å². The minimum Gasteiger partial charge on any atom is -0.479 e. The van der Waals surface area contributed by atoms with Gasteiger partial charge >= 0.3 is 4.87 Å². The van der Waals surface area contributed by atoms with Gasteiger partial charge in [0.1, 0.15) is 5.75 Å². The van der Waals surface area contributed by atoms with E-state index in [4.69, 9.17) is 16.3 Å². The first-order chi connectivity index (χ1) is 11.5. The topological polar surface area (TPSA) is 60.3 Å². The van der Waals surface area contributed by atoms with Gasteiger partial charge in [-0.05, 0) is 37.3 Å². The summed E-state index contributed by atoms with van der Waals surface area (Å²) in [6.07, 6.45) is -0.713. The maximum absolute atomic E-state index is 12.3. The fraction of sp³-hybridized carbons (Fsp3) is 0.176. The number of nitrogens with zero attached hydrogens (tertiary/aromatic N) is 1. The van der Waals surface area contributed by atoms with Crippen molar-refractivity contribution in [3.63, 3.8) is 0 Å². The van der Waals surface area contributed by atoms with Gasteiger partial charge in [-0.25, -0.2) is 0 Å². The second kappa shape index (κ2) is 6.67. The normalized spacial score (nSPS) is 12.1. The summed E-state index contributed by atoms with van der Waals surface area (Å²) in [5, 5.41) is 3.24. The van der Waals surface area contributed by atoms with Crippen LogP contribution in [0, 0.1) is 0 Å². The van der Waals surface area contributed by atoms with Gasteiger partial charge in [0, 0.05) is 12.7 Å². The van der Waals surface area contributed by atoms with Crippen molar-refractivity contribution in [1.82, 2.24) is 4.57 Å². The first kappa shape index (κ1) is 16.5. The van der Waals surface area contributed by atoms with Crippen LogP contribution in [0.15, 0.2) is 47.3 Å². The third-order valence-corrected chi connectivity index (χ3v) is 4.88. The molecule has 0 bridgehead atoms. The highest BCUT2D eigenvalue weighted by Crippen LogP contribution is 2.25. The average Bonchev–Trinajstić information content (AvgIpc) is 2.83. The molecule has 5 nitrogen and oxygen atoms in total. The largest absolute Gasteiger partial charge is 0.479 e. The second-order valence-electron chi connectivity index (χ2n) is 5.29. The summed E-state index contributed by atoms with van der Waals surface area (Å²) < 4.78 is 7.99. The number of carbonyl (C=O) groups is 1. The van der Waals surface area contributed by atoms with E-state index in [-0.39, 0.29) is 10.8 Å². The highest BCUT2D eigenvalue weighted by molar-refractivity contribution is 7.16. The van der Waals surface area contributed by atoms with Crippen molar-refractivity contribution in [3.8, 4) is 5.75 Å². The van der Waals surface area contributed by atoms with Gasteiger partial charge in [-0.2, -0.15) is 0 Å². The molecular formula is C17H15ClN2O3S. The number of rotatable bonds is 4. The van der Waals surface area contributed by atoms with E-state index in [1.807, 2.05) is 6.07 Å². The molecule has 0 spiro atoms. The number of aryl methyl sites for hydroxylation is 1. The SMILES string of the molecule is C[C@H](Oc1ccccc1Cl)C(=O)Nc1ccc2c(c1)sc(=O)n2C. The predicted octanol–water partition coefficient (Wildman–Crippen LogP) is 3.66. The first-order valence-corrected chi connectivity index (χ1v) is 8.47. The number of halogens is 1. The zero-order valence-electron chi connectivity index (χ0n) is 13.1. The van der Waals surface area contributed by atoms with Crippen LogP contribution in [0.3, 0.4) is 0 Å². The summed E-state index contributed by atoms with van der Waals surface area (Å²) >= 11 is 7.17. The van der Waals surface area contributed by atoms with Crippen LogP contribution in [-0.4, -0.2) is 16.6 Å². The molecule has 0 aliphatic carbocycles. The van der Waals surface area contributed by atoms with Crippen LogP contribution < -0.4 is 14.9 Å². The molecule has 1 amide bonds. The fourth-order valence-corrected chi connectivity index (χ4v) is 3.34. The van der Waals surface area contributed by atoms with Crippen molar-refractivity contribution in [2.75, 3.05) is 5.32 Å². The van der Waals surface area contributed by atoms with Crippen molar-refractivity contribution in [3.05, 3.63) is 57.2 Å². The van der Waals surface area contributed by atoms with Crippen molar-refractivity contribution in [2.45, 2.75) is 13.0 Å². The van der Waals surface area contributed by atoms with Crippen molar-refractivity contribution >= 4 is 44.7 Å². The van der Waals surface area contributed by atoms with E-state index < -0.39 is 6.10 Å². The van der Waals surface area contributed by atoms with Crippen LogP contribution in [0.2, 0.25) is 5.02 Å². The van der Waals surface area contributed by atoms with Crippen LogP contribution in [0.5, 0.6) is 5.75 Å². The Hall–Kier alpha value is -2.31. The molecule has 0 unspecified atom stereocenters. The van der Waals surface area contributed by atoms with E-state index in [2.05, 4.69) is 5.32 Å². The monoisotopic (exact) mass is 362 g/mol. The van der Waals surface area contributed by atoms with Crippen LogP contribution in [0.25, 0.3) is 10.2 Å². The van der Waals surface area contributed by atoms with Crippen molar-refractivity contribution in [1.29, 1.82) is 0 Å². The number of carbonyl (C=O) groups excluding carboxylic acids is 1. The Balaban J connectivity index is 1.74. The molecule has 24 heavy (non-hydrogen) atoms. The number of ether oxygens (including phenoxy) is 1. The number of amides is 1. The van der Waals surface area contributed by atoms with Crippen molar-refractivity contribution in [2.24, 2.45) is 7.05 Å². The van der Waals surface area contributed by atoms with Crippen LogP contribution >= 0.6 is 22.9 Å². The zero-order chi connectivity index (χ0) is 17.3. The number of anilines is 1. The van der Waals surface area contributed by atoms with E-state index in [0.29, 0.717) is 16.5 Å². The lowest BCUT2D eigenvalue weighted by atomic mass is 10.2. The molecule has 0 aliphatic heterocycles. The summed E-state index contributed by atoms with van der Waals surface area (Å²) in [5.41, 5.74) is 1.45. The highest BCUT2D eigenvalue weighted by atomic mass is 35.5. The number of fused-ring (bicyclic) bond motifs is 1. The summed E-state index contributed by atoms with van der Waals surface area (Å²) in [6, 6.07) is 12.3. The van der Waals surface area contributed by atoms with E-state index in [1.54, 1.807) is 54.9 Å².